The highest BCUT2D eigenvalue weighted by Crippen LogP contribution is 2.18. The van der Waals surface area contributed by atoms with Crippen LogP contribution in [0.5, 0.6) is 0 Å². The SMILES string of the molecule is Cc1ccc(F)cc1CNC1CCCCC1. The van der Waals surface area contributed by atoms with Gasteiger partial charge >= 0.3 is 0 Å². The molecule has 0 saturated heterocycles. The molecule has 1 nitrogen and oxygen atoms in total. The fourth-order valence-corrected chi connectivity index (χ4v) is 2.39. The zero-order valence-corrected chi connectivity index (χ0v) is 9.93. The molecule has 88 valence electrons. The summed E-state index contributed by atoms with van der Waals surface area (Å²) in [7, 11) is 0. The van der Waals surface area contributed by atoms with Crippen molar-refractivity contribution in [2.45, 2.75) is 51.6 Å². The monoisotopic (exact) mass is 221 g/mol. The van der Waals surface area contributed by atoms with E-state index >= 15 is 0 Å². The smallest absolute Gasteiger partial charge is 0.123 e. The van der Waals surface area contributed by atoms with Gasteiger partial charge in [0.15, 0.2) is 0 Å². The molecule has 1 N–H and O–H groups in total. The van der Waals surface area contributed by atoms with Gasteiger partial charge in [-0.25, -0.2) is 4.39 Å². The second-order valence-electron chi connectivity index (χ2n) is 4.79. The maximum absolute atomic E-state index is 13.1. The van der Waals surface area contributed by atoms with E-state index in [0.29, 0.717) is 6.04 Å². The number of hydrogen-bond donors (Lipinski definition) is 1. The lowest BCUT2D eigenvalue weighted by molar-refractivity contribution is 0.372. The topological polar surface area (TPSA) is 12.0 Å². The average Bonchev–Trinajstić information content (AvgIpc) is 2.32. The van der Waals surface area contributed by atoms with Crippen LogP contribution in [0.15, 0.2) is 18.2 Å². The standard InChI is InChI=1S/C14H20FN/c1-11-7-8-13(15)9-12(11)10-16-14-5-3-2-4-6-14/h7-9,14,16H,2-6,10H2,1H3. The van der Waals surface area contributed by atoms with Gasteiger partial charge in [-0.2, -0.15) is 0 Å². The third kappa shape index (κ3) is 3.05. The molecule has 16 heavy (non-hydrogen) atoms. The molecule has 0 spiro atoms. The van der Waals surface area contributed by atoms with E-state index in [1.807, 2.05) is 13.0 Å². The Balaban J connectivity index is 1.90. The second kappa shape index (κ2) is 5.44. The van der Waals surface area contributed by atoms with E-state index in [2.05, 4.69) is 5.32 Å². The van der Waals surface area contributed by atoms with Crippen LogP contribution in [0.25, 0.3) is 0 Å². The van der Waals surface area contributed by atoms with Crippen LogP contribution in [-0.4, -0.2) is 6.04 Å². The van der Waals surface area contributed by atoms with Crippen molar-refractivity contribution < 1.29 is 4.39 Å². The maximum Gasteiger partial charge on any atom is 0.123 e. The normalized spacial score (nSPS) is 17.6. The first kappa shape index (κ1) is 11.6. The summed E-state index contributed by atoms with van der Waals surface area (Å²) in [6.45, 7) is 2.84. The molecule has 0 amide bonds. The van der Waals surface area contributed by atoms with Gasteiger partial charge in [-0.05, 0) is 43.0 Å². The molecule has 0 aliphatic heterocycles. The molecular formula is C14H20FN. The summed E-state index contributed by atoms with van der Waals surface area (Å²) in [4.78, 5) is 0. The van der Waals surface area contributed by atoms with Gasteiger partial charge in [0.05, 0.1) is 0 Å². The zero-order chi connectivity index (χ0) is 11.4. The van der Waals surface area contributed by atoms with Crippen LogP contribution in [0.4, 0.5) is 4.39 Å². The number of rotatable bonds is 3. The quantitative estimate of drug-likeness (QED) is 0.823. The Morgan fingerprint density at radius 3 is 2.75 bits per heavy atom. The van der Waals surface area contributed by atoms with Crippen LogP contribution < -0.4 is 5.32 Å². The Morgan fingerprint density at radius 1 is 1.25 bits per heavy atom. The summed E-state index contributed by atoms with van der Waals surface area (Å²) in [5.41, 5.74) is 2.26. The molecule has 0 radical (unpaired) electrons. The van der Waals surface area contributed by atoms with E-state index in [0.717, 1.165) is 12.1 Å². The minimum absolute atomic E-state index is 0.133. The highest BCUT2D eigenvalue weighted by molar-refractivity contribution is 5.26. The van der Waals surface area contributed by atoms with Crippen molar-refractivity contribution in [2.75, 3.05) is 0 Å². The molecule has 0 heterocycles. The summed E-state index contributed by atoms with van der Waals surface area (Å²) in [6.07, 6.45) is 6.58. The van der Waals surface area contributed by atoms with Crippen molar-refractivity contribution in [2.24, 2.45) is 0 Å². The van der Waals surface area contributed by atoms with Crippen LogP contribution in [0.1, 0.15) is 43.2 Å². The predicted molar refractivity (Wildman–Crippen MR) is 64.8 cm³/mol. The summed E-state index contributed by atoms with van der Waals surface area (Å²) in [5.74, 6) is -0.133. The highest BCUT2D eigenvalue weighted by atomic mass is 19.1. The lowest BCUT2D eigenvalue weighted by atomic mass is 9.95. The van der Waals surface area contributed by atoms with E-state index in [9.17, 15) is 4.39 Å². The first-order valence-corrected chi connectivity index (χ1v) is 6.24. The fourth-order valence-electron chi connectivity index (χ4n) is 2.39. The Hall–Kier alpha value is -0.890. The zero-order valence-electron chi connectivity index (χ0n) is 9.93. The molecular weight excluding hydrogens is 201 g/mol. The van der Waals surface area contributed by atoms with Gasteiger partial charge in [-0.3, -0.25) is 0 Å². The van der Waals surface area contributed by atoms with E-state index < -0.39 is 0 Å². The average molecular weight is 221 g/mol. The van der Waals surface area contributed by atoms with Crippen LogP contribution in [0.3, 0.4) is 0 Å². The van der Waals surface area contributed by atoms with Crippen molar-refractivity contribution in [1.29, 1.82) is 0 Å². The molecule has 1 aliphatic carbocycles. The van der Waals surface area contributed by atoms with Gasteiger partial charge < -0.3 is 5.32 Å². The molecule has 0 unspecified atom stereocenters. The molecule has 1 aromatic carbocycles. The number of benzene rings is 1. The Morgan fingerprint density at radius 2 is 2.00 bits per heavy atom. The van der Waals surface area contributed by atoms with Crippen LogP contribution >= 0.6 is 0 Å². The first-order chi connectivity index (χ1) is 7.75. The summed E-state index contributed by atoms with van der Waals surface area (Å²) in [6, 6.07) is 5.66. The van der Waals surface area contributed by atoms with Gasteiger partial charge in [0.1, 0.15) is 5.82 Å². The molecule has 1 aromatic rings. The van der Waals surface area contributed by atoms with Crippen molar-refractivity contribution in [3.05, 3.63) is 35.1 Å². The fraction of sp³-hybridized carbons (Fsp3) is 0.571. The van der Waals surface area contributed by atoms with Gasteiger partial charge in [0.25, 0.3) is 0 Å². The van der Waals surface area contributed by atoms with E-state index in [-0.39, 0.29) is 5.82 Å². The molecule has 0 bridgehead atoms. The van der Waals surface area contributed by atoms with Crippen molar-refractivity contribution >= 4 is 0 Å². The third-order valence-corrected chi connectivity index (χ3v) is 3.50. The number of aryl methyl sites for hydroxylation is 1. The van der Waals surface area contributed by atoms with E-state index in [1.54, 1.807) is 6.07 Å². The highest BCUT2D eigenvalue weighted by Gasteiger charge is 2.12. The molecule has 2 rings (SSSR count). The number of hydrogen-bond acceptors (Lipinski definition) is 1. The molecule has 1 fully saturated rings. The van der Waals surface area contributed by atoms with Gasteiger partial charge in [-0.15, -0.1) is 0 Å². The summed E-state index contributed by atoms with van der Waals surface area (Å²) in [5, 5.41) is 3.54. The van der Waals surface area contributed by atoms with Crippen molar-refractivity contribution in [3.8, 4) is 0 Å². The van der Waals surface area contributed by atoms with Gasteiger partial charge in [-0.1, -0.05) is 25.3 Å². The molecule has 2 heteroatoms. The lowest BCUT2D eigenvalue weighted by Gasteiger charge is -2.23. The van der Waals surface area contributed by atoms with Gasteiger partial charge in [0.2, 0.25) is 0 Å². The molecule has 0 atom stereocenters. The maximum atomic E-state index is 13.1. The minimum atomic E-state index is -0.133. The van der Waals surface area contributed by atoms with E-state index in [4.69, 9.17) is 0 Å². The van der Waals surface area contributed by atoms with E-state index in [1.165, 1.54) is 43.7 Å². The summed E-state index contributed by atoms with van der Waals surface area (Å²) < 4.78 is 13.1. The number of halogens is 1. The Labute approximate surface area is 97.1 Å². The predicted octanol–water partition coefficient (Wildman–Crippen LogP) is 3.56. The van der Waals surface area contributed by atoms with Crippen LogP contribution in [0, 0.1) is 12.7 Å². The minimum Gasteiger partial charge on any atom is -0.310 e. The van der Waals surface area contributed by atoms with Crippen LogP contribution in [-0.2, 0) is 6.54 Å². The largest absolute Gasteiger partial charge is 0.310 e. The third-order valence-electron chi connectivity index (χ3n) is 3.50. The van der Waals surface area contributed by atoms with Gasteiger partial charge in [0, 0.05) is 12.6 Å². The lowest BCUT2D eigenvalue weighted by Crippen LogP contribution is -2.30. The molecule has 1 saturated carbocycles. The second-order valence-corrected chi connectivity index (χ2v) is 4.79. The first-order valence-electron chi connectivity index (χ1n) is 6.24. The van der Waals surface area contributed by atoms with Crippen LogP contribution in [0.2, 0.25) is 0 Å². The van der Waals surface area contributed by atoms with Crippen molar-refractivity contribution in [3.63, 3.8) is 0 Å². The Kier molecular flexibility index (Phi) is 3.94. The number of nitrogens with one attached hydrogen (secondary N) is 1. The Bertz CT molecular complexity index is 343. The van der Waals surface area contributed by atoms with Crippen molar-refractivity contribution in [1.82, 2.24) is 5.32 Å². The molecule has 1 aliphatic rings. The summed E-state index contributed by atoms with van der Waals surface area (Å²) >= 11 is 0. The molecule has 0 aromatic heterocycles.